The second kappa shape index (κ2) is 8.59. The van der Waals surface area contributed by atoms with Gasteiger partial charge in [0.2, 0.25) is 4.96 Å². The number of carbonyl (C=O) groups excluding carboxylic acids is 1. The van der Waals surface area contributed by atoms with Crippen molar-refractivity contribution in [1.82, 2.24) is 19.8 Å². The standard InChI is InChI=1S/C20H17Cl2N5O2S/c1-3-17-24-25-20-27(17)26-19(30-20)12-5-4-6-14(9-12)23-18(28)11(2)29-16-8-7-13(21)10-15(16)22/h4-11H,3H2,1-2H3,(H,23,28)/t11-/m1/s1. The van der Waals surface area contributed by atoms with Crippen LogP contribution in [0.25, 0.3) is 15.5 Å². The van der Waals surface area contributed by atoms with E-state index in [2.05, 4.69) is 20.6 Å². The molecule has 7 nitrogen and oxygen atoms in total. The molecule has 0 unspecified atom stereocenters. The fourth-order valence-electron chi connectivity index (χ4n) is 2.78. The number of hydrogen-bond donors (Lipinski definition) is 1. The maximum Gasteiger partial charge on any atom is 0.265 e. The summed E-state index contributed by atoms with van der Waals surface area (Å²) in [6, 6.07) is 12.3. The van der Waals surface area contributed by atoms with Crippen LogP contribution >= 0.6 is 34.5 Å². The predicted octanol–water partition coefficient (Wildman–Crippen LogP) is 5.13. The summed E-state index contributed by atoms with van der Waals surface area (Å²) in [7, 11) is 0. The highest BCUT2D eigenvalue weighted by Crippen LogP contribution is 2.29. The van der Waals surface area contributed by atoms with Crippen LogP contribution in [0.5, 0.6) is 5.75 Å². The van der Waals surface area contributed by atoms with Gasteiger partial charge < -0.3 is 10.1 Å². The normalized spacial score (nSPS) is 12.1. The topological polar surface area (TPSA) is 81.4 Å². The molecule has 0 aliphatic rings. The van der Waals surface area contributed by atoms with E-state index in [9.17, 15) is 4.79 Å². The minimum Gasteiger partial charge on any atom is -0.479 e. The Morgan fingerprint density at radius 2 is 2.07 bits per heavy atom. The van der Waals surface area contributed by atoms with Gasteiger partial charge in [-0.15, -0.1) is 10.2 Å². The maximum absolute atomic E-state index is 12.6. The molecule has 10 heteroatoms. The SMILES string of the molecule is CCc1nnc2sc(-c3cccc(NC(=O)[C@@H](C)Oc4ccc(Cl)cc4Cl)c3)nn12. The van der Waals surface area contributed by atoms with Crippen molar-refractivity contribution in [2.45, 2.75) is 26.4 Å². The van der Waals surface area contributed by atoms with Crippen molar-refractivity contribution in [2.75, 3.05) is 5.32 Å². The minimum absolute atomic E-state index is 0.301. The Hall–Kier alpha value is -2.68. The van der Waals surface area contributed by atoms with E-state index >= 15 is 0 Å². The number of ether oxygens (including phenoxy) is 1. The largest absolute Gasteiger partial charge is 0.479 e. The minimum atomic E-state index is -0.756. The number of hydrogen-bond acceptors (Lipinski definition) is 6. The second-order valence-electron chi connectivity index (χ2n) is 6.48. The van der Waals surface area contributed by atoms with E-state index in [4.69, 9.17) is 27.9 Å². The molecule has 30 heavy (non-hydrogen) atoms. The summed E-state index contributed by atoms with van der Waals surface area (Å²) in [6.45, 7) is 3.66. The number of aromatic nitrogens is 4. The van der Waals surface area contributed by atoms with Crippen molar-refractivity contribution in [3.05, 3.63) is 58.3 Å². The molecule has 2 aromatic heterocycles. The Kier molecular flexibility index (Phi) is 5.90. The number of amides is 1. The van der Waals surface area contributed by atoms with Gasteiger partial charge in [0.25, 0.3) is 5.91 Å². The molecule has 0 aliphatic heterocycles. The molecular formula is C20H17Cl2N5O2S. The summed E-state index contributed by atoms with van der Waals surface area (Å²) >= 11 is 13.4. The van der Waals surface area contributed by atoms with Crippen molar-refractivity contribution in [1.29, 1.82) is 0 Å². The molecule has 1 atom stereocenters. The maximum atomic E-state index is 12.6. The van der Waals surface area contributed by atoms with Crippen LogP contribution in [0.15, 0.2) is 42.5 Å². The summed E-state index contributed by atoms with van der Waals surface area (Å²) in [5.74, 6) is 0.900. The van der Waals surface area contributed by atoms with Gasteiger partial charge in [0.15, 0.2) is 11.9 Å². The van der Waals surface area contributed by atoms with Crippen LogP contribution < -0.4 is 10.1 Å². The first-order valence-corrected chi connectivity index (χ1v) is 10.8. The number of carbonyl (C=O) groups is 1. The van der Waals surface area contributed by atoms with Crippen molar-refractivity contribution in [3.8, 4) is 16.3 Å². The lowest BCUT2D eigenvalue weighted by Gasteiger charge is -2.16. The number of benzene rings is 2. The van der Waals surface area contributed by atoms with Gasteiger partial charge in [-0.25, -0.2) is 0 Å². The molecule has 0 bridgehead atoms. The predicted molar refractivity (Wildman–Crippen MR) is 119 cm³/mol. The molecular weight excluding hydrogens is 445 g/mol. The van der Waals surface area contributed by atoms with Crippen LogP contribution in [-0.2, 0) is 11.2 Å². The van der Waals surface area contributed by atoms with Gasteiger partial charge in [-0.2, -0.15) is 9.61 Å². The molecule has 0 saturated heterocycles. The Balaban J connectivity index is 1.49. The lowest BCUT2D eigenvalue weighted by atomic mass is 10.2. The average molecular weight is 462 g/mol. The highest BCUT2D eigenvalue weighted by Gasteiger charge is 2.17. The van der Waals surface area contributed by atoms with Crippen LogP contribution in [0.3, 0.4) is 0 Å². The number of anilines is 1. The number of aryl methyl sites for hydroxylation is 1. The van der Waals surface area contributed by atoms with Gasteiger partial charge in [0.05, 0.1) is 5.02 Å². The fourth-order valence-corrected chi connectivity index (χ4v) is 4.09. The Bertz CT molecular complexity index is 1220. The van der Waals surface area contributed by atoms with E-state index in [1.807, 2.05) is 25.1 Å². The molecule has 0 aliphatic carbocycles. The third-order valence-electron chi connectivity index (χ3n) is 4.32. The summed E-state index contributed by atoms with van der Waals surface area (Å²) in [6.07, 6.45) is -0.00986. The number of fused-ring (bicyclic) bond motifs is 1. The first-order valence-electron chi connectivity index (χ1n) is 9.18. The van der Waals surface area contributed by atoms with E-state index in [1.165, 1.54) is 11.3 Å². The summed E-state index contributed by atoms with van der Waals surface area (Å²) in [5.41, 5.74) is 1.51. The van der Waals surface area contributed by atoms with E-state index < -0.39 is 6.10 Å². The molecule has 154 valence electrons. The molecule has 0 saturated carbocycles. The number of rotatable bonds is 6. The zero-order valence-corrected chi connectivity index (χ0v) is 18.4. The highest BCUT2D eigenvalue weighted by molar-refractivity contribution is 7.19. The zero-order valence-electron chi connectivity index (χ0n) is 16.1. The summed E-state index contributed by atoms with van der Waals surface area (Å²) in [4.78, 5) is 13.3. The van der Waals surface area contributed by atoms with E-state index in [0.717, 1.165) is 27.8 Å². The Morgan fingerprint density at radius 3 is 2.83 bits per heavy atom. The van der Waals surface area contributed by atoms with Crippen molar-refractivity contribution < 1.29 is 9.53 Å². The first kappa shape index (κ1) is 20.6. The molecule has 0 fully saturated rings. The molecule has 4 aromatic rings. The van der Waals surface area contributed by atoms with Crippen molar-refractivity contribution in [3.63, 3.8) is 0 Å². The van der Waals surface area contributed by atoms with E-state index in [1.54, 1.807) is 35.7 Å². The second-order valence-corrected chi connectivity index (χ2v) is 8.28. The van der Waals surface area contributed by atoms with E-state index in [0.29, 0.717) is 21.5 Å². The zero-order chi connectivity index (χ0) is 21.3. The van der Waals surface area contributed by atoms with Crippen LogP contribution in [-0.4, -0.2) is 31.8 Å². The van der Waals surface area contributed by atoms with Gasteiger partial charge in [-0.1, -0.05) is 53.6 Å². The third-order valence-corrected chi connectivity index (χ3v) is 5.79. The fraction of sp³-hybridized carbons (Fsp3) is 0.200. The molecule has 0 radical (unpaired) electrons. The summed E-state index contributed by atoms with van der Waals surface area (Å²) in [5, 5.41) is 17.3. The Labute approximate surface area is 186 Å². The molecule has 1 N–H and O–H groups in total. The molecule has 4 rings (SSSR count). The van der Waals surface area contributed by atoms with E-state index in [-0.39, 0.29) is 5.91 Å². The number of halogens is 2. The monoisotopic (exact) mass is 461 g/mol. The quantitative estimate of drug-likeness (QED) is 0.430. The first-order chi connectivity index (χ1) is 14.4. The van der Waals surface area contributed by atoms with Crippen LogP contribution in [0.2, 0.25) is 10.0 Å². The van der Waals surface area contributed by atoms with Crippen molar-refractivity contribution in [2.24, 2.45) is 0 Å². The van der Waals surface area contributed by atoms with Crippen LogP contribution in [0.1, 0.15) is 19.7 Å². The number of nitrogens with one attached hydrogen (secondary N) is 1. The molecule has 1 amide bonds. The lowest BCUT2D eigenvalue weighted by molar-refractivity contribution is -0.122. The highest BCUT2D eigenvalue weighted by atomic mass is 35.5. The van der Waals surface area contributed by atoms with Gasteiger partial charge >= 0.3 is 0 Å². The smallest absolute Gasteiger partial charge is 0.265 e. The average Bonchev–Trinajstić information content (AvgIpc) is 3.31. The van der Waals surface area contributed by atoms with Gasteiger partial charge in [-0.3, -0.25) is 4.79 Å². The van der Waals surface area contributed by atoms with Crippen LogP contribution in [0.4, 0.5) is 5.69 Å². The Morgan fingerprint density at radius 1 is 1.23 bits per heavy atom. The third kappa shape index (κ3) is 4.26. The molecule has 0 spiro atoms. The van der Waals surface area contributed by atoms with Gasteiger partial charge in [0, 0.05) is 22.7 Å². The lowest BCUT2D eigenvalue weighted by Crippen LogP contribution is -2.30. The molecule has 2 aromatic carbocycles. The van der Waals surface area contributed by atoms with Crippen molar-refractivity contribution >= 4 is 51.1 Å². The summed E-state index contributed by atoms with van der Waals surface area (Å²) < 4.78 is 7.42. The van der Waals surface area contributed by atoms with Gasteiger partial charge in [-0.05, 0) is 37.3 Å². The van der Waals surface area contributed by atoms with Crippen LogP contribution in [0, 0.1) is 0 Å². The van der Waals surface area contributed by atoms with Gasteiger partial charge in [0.1, 0.15) is 10.8 Å². The number of nitrogens with zero attached hydrogens (tertiary/aromatic N) is 4. The molecule has 2 heterocycles.